The highest BCUT2D eigenvalue weighted by Gasteiger charge is 2.14. The summed E-state index contributed by atoms with van der Waals surface area (Å²) in [4.78, 5) is 0. The fourth-order valence-electron chi connectivity index (χ4n) is 1.90. The Bertz CT molecular complexity index is 615. The fraction of sp³-hybridized carbons (Fsp3) is 0.385. The lowest BCUT2D eigenvalue weighted by molar-refractivity contribution is 0.210. The number of aryl methyl sites for hydroxylation is 2. The molecule has 0 saturated heterocycles. The number of ether oxygens (including phenoxy) is 1. The van der Waals surface area contributed by atoms with Gasteiger partial charge in [0.15, 0.2) is 16.7 Å². The van der Waals surface area contributed by atoms with Gasteiger partial charge in [-0.15, -0.1) is 0 Å². The van der Waals surface area contributed by atoms with Crippen LogP contribution in [0.4, 0.5) is 0 Å². The molecule has 1 aromatic heterocycles. The molecule has 0 bridgehead atoms. The Labute approximate surface area is 112 Å². The normalized spacial score (nSPS) is 12.4. The molecule has 0 radical (unpaired) electrons. The predicted octanol–water partition coefficient (Wildman–Crippen LogP) is 3.23. The van der Waals surface area contributed by atoms with E-state index in [0.29, 0.717) is 4.77 Å². The van der Waals surface area contributed by atoms with Crippen LogP contribution in [-0.4, -0.2) is 14.8 Å². The standard InChI is InChI=1S/C13H17N3OS/c1-8-5-6-11(9(2)7-8)17-10(3)12-14-15-13(18)16(12)4/h5-7,10H,1-4H3,(H,15,18)/t10-/m1/s1. The van der Waals surface area contributed by atoms with Crippen LogP contribution < -0.4 is 4.74 Å². The molecule has 0 unspecified atom stereocenters. The van der Waals surface area contributed by atoms with E-state index in [0.717, 1.165) is 17.1 Å². The summed E-state index contributed by atoms with van der Waals surface area (Å²) in [5, 5.41) is 6.94. The van der Waals surface area contributed by atoms with E-state index in [9.17, 15) is 0 Å². The lowest BCUT2D eigenvalue weighted by Gasteiger charge is -2.15. The Balaban J connectivity index is 2.24. The van der Waals surface area contributed by atoms with Crippen molar-refractivity contribution in [2.45, 2.75) is 26.9 Å². The molecular formula is C13H17N3OS. The Kier molecular flexibility index (Phi) is 3.52. The van der Waals surface area contributed by atoms with Crippen LogP contribution in [0.2, 0.25) is 0 Å². The third-order valence-corrected chi connectivity index (χ3v) is 3.28. The van der Waals surface area contributed by atoms with Crippen molar-refractivity contribution in [3.8, 4) is 5.75 Å². The van der Waals surface area contributed by atoms with Gasteiger partial charge >= 0.3 is 0 Å². The molecule has 1 N–H and O–H groups in total. The van der Waals surface area contributed by atoms with Gasteiger partial charge in [-0.25, -0.2) is 0 Å². The monoisotopic (exact) mass is 263 g/mol. The van der Waals surface area contributed by atoms with E-state index in [4.69, 9.17) is 17.0 Å². The molecule has 0 saturated carbocycles. The SMILES string of the molecule is Cc1ccc(O[C@H](C)c2n[nH]c(=S)n2C)c(C)c1. The zero-order chi connectivity index (χ0) is 13.3. The van der Waals surface area contributed by atoms with E-state index in [2.05, 4.69) is 23.2 Å². The van der Waals surface area contributed by atoms with Gasteiger partial charge in [0.1, 0.15) is 5.75 Å². The van der Waals surface area contributed by atoms with Crippen LogP contribution in [0.5, 0.6) is 5.75 Å². The van der Waals surface area contributed by atoms with Crippen molar-refractivity contribution in [1.82, 2.24) is 14.8 Å². The number of hydrogen-bond donors (Lipinski definition) is 1. The zero-order valence-electron chi connectivity index (χ0n) is 11.0. The first-order valence-corrected chi connectivity index (χ1v) is 6.25. The van der Waals surface area contributed by atoms with E-state index >= 15 is 0 Å². The molecule has 2 rings (SSSR count). The van der Waals surface area contributed by atoms with Gasteiger partial charge in [-0.2, -0.15) is 5.10 Å². The first-order chi connectivity index (χ1) is 8.49. The van der Waals surface area contributed by atoms with Crippen molar-refractivity contribution < 1.29 is 4.74 Å². The van der Waals surface area contributed by atoms with Gasteiger partial charge in [0.05, 0.1) is 0 Å². The summed E-state index contributed by atoms with van der Waals surface area (Å²) in [5.41, 5.74) is 2.35. The van der Waals surface area contributed by atoms with Crippen molar-refractivity contribution in [1.29, 1.82) is 0 Å². The Morgan fingerprint density at radius 2 is 2.11 bits per heavy atom. The maximum absolute atomic E-state index is 5.93. The number of rotatable bonds is 3. The zero-order valence-corrected chi connectivity index (χ0v) is 11.8. The molecular weight excluding hydrogens is 246 g/mol. The molecule has 96 valence electrons. The molecule has 18 heavy (non-hydrogen) atoms. The van der Waals surface area contributed by atoms with Crippen LogP contribution >= 0.6 is 12.2 Å². The van der Waals surface area contributed by atoms with Gasteiger partial charge in [0.2, 0.25) is 0 Å². The molecule has 0 fully saturated rings. The largest absolute Gasteiger partial charge is 0.482 e. The molecule has 1 atom stereocenters. The van der Waals surface area contributed by atoms with Gasteiger partial charge in [-0.3, -0.25) is 5.10 Å². The third kappa shape index (κ3) is 2.46. The van der Waals surface area contributed by atoms with Crippen molar-refractivity contribution in [2.24, 2.45) is 7.05 Å². The van der Waals surface area contributed by atoms with E-state index in [-0.39, 0.29) is 6.10 Å². The quantitative estimate of drug-likeness (QED) is 0.864. The minimum Gasteiger partial charge on any atom is -0.482 e. The van der Waals surface area contributed by atoms with Gasteiger partial charge in [0, 0.05) is 7.05 Å². The maximum atomic E-state index is 5.93. The molecule has 0 aliphatic carbocycles. The summed E-state index contributed by atoms with van der Waals surface area (Å²) in [7, 11) is 1.88. The third-order valence-electron chi connectivity index (χ3n) is 2.91. The Morgan fingerprint density at radius 3 is 2.67 bits per heavy atom. The molecule has 0 spiro atoms. The van der Waals surface area contributed by atoms with Crippen LogP contribution in [0.1, 0.15) is 30.0 Å². The van der Waals surface area contributed by atoms with Gasteiger partial charge < -0.3 is 9.30 Å². The molecule has 1 heterocycles. The maximum Gasteiger partial charge on any atom is 0.195 e. The van der Waals surface area contributed by atoms with Crippen molar-refractivity contribution in [2.75, 3.05) is 0 Å². The minimum atomic E-state index is -0.149. The molecule has 5 heteroatoms. The van der Waals surface area contributed by atoms with Crippen LogP contribution in [0.25, 0.3) is 0 Å². The van der Waals surface area contributed by atoms with Crippen LogP contribution in [0, 0.1) is 18.6 Å². The van der Waals surface area contributed by atoms with Gasteiger partial charge in [-0.1, -0.05) is 17.7 Å². The lowest BCUT2D eigenvalue weighted by atomic mass is 10.1. The second kappa shape index (κ2) is 4.94. The number of nitrogens with zero attached hydrogens (tertiary/aromatic N) is 2. The van der Waals surface area contributed by atoms with Crippen LogP contribution in [0.15, 0.2) is 18.2 Å². The number of aromatic nitrogens is 3. The fourth-order valence-corrected chi connectivity index (χ4v) is 2.04. The first kappa shape index (κ1) is 12.8. The average Bonchev–Trinajstić information content (AvgIpc) is 2.64. The molecule has 2 aromatic rings. The second-order valence-corrected chi connectivity index (χ2v) is 4.86. The second-order valence-electron chi connectivity index (χ2n) is 4.48. The minimum absolute atomic E-state index is 0.149. The lowest BCUT2D eigenvalue weighted by Crippen LogP contribution is -2.10. The molecule has 1 aromatic carbocycles. The summed E-state index contributed by atoms with van der Waals surface area (Å²) in [6.45, 7) is 6.07. The average molecular weight is 263 g/mol. The molecule has 0 amide bonds. The van der Waals surface area contributed by atoms with Crippen molar-refractivity contribution in [3.63, 3.8) is 0 Å². The summed E-state index contributed by atoms with van der Waals surface area (Å²) >= 11 is 5.09. The van der Waals surface area contributed by atoms with E-state index in [1.165, 1.54) is 5.56 Å². The Morgan fingerprint density at radius 1 is 1.39 bits per heavy atom. The highest BCUT2D eigenvalue weighted by atomic mass is 32.1. The number of benzene rings is 1. The number of aromatic amines is 1. The highest BCUT2D eigenvalue weighted by Crippen LogP contribution is 2.24. The first-order valence-electron chi connectivity index (χ1n) is 5.84. The van der Waals surface area contributed by atoms with Gasteiger partial charge in [0.25, 0.3) is 0 Å². The summed E-state index contributed by atoms with van der Waals surface area (Å²) < 4.78 is 8.35. The predicted molar refractivity (Wildman–Crippen MR) is 73.4 cm³/mol. The number of hydrogen-bond acceptors (Lipinski definition) is 3. The van der Waals surface area contributed by atoms with E-state index < -0.39 is 0 Å². The topological polar surface area (TPSA) is 42.8 Å². The smallest absolute Gasteiger partial charge is 0.195 e. The molecule has 4 nitrogen and oxygen atoms in total. The molecule has 0 aliphatic heterocycles. The molecule has 0 aliphatic rings. The number of H-pyrrole nitrogens is 1. The van der Waals surface area contributed by atoms with Gasteiger partial charge in [-0.05, 0) is 44.6 Å². The summed E-state index contributed by atoms with van der Waals surface area (Å²) in [6, 6.07) is 6.13. The van der Waals surface area contributed by atoms with Crippen molar-refractivity contribution >= 4 is 12.2 Å². The van der Waals surface area contributed by atoms with E-state index in [1.807, 2.05) is 37.6 Å². The van der Waals surface area contributed by atoms with Crippen LogP contribution in [0.3, 0.4) is 0 Å². The van der Waals surface area contributed by atoms with Crippen molar-refractivity contribution in [3.05, 3.63) is 39.9 Å². The van der Waals surface area contributed by atoms with E-state index in [1.54, 1.807) is 0 Å². The Hall–Kier alpha value is -1.62. The summed E-state index contributed by atoms with van der Waals surface area (Å²) in [5.74, 6) is 1.67. The number of nitrogens with one attached hydrogen (secondary N) is 1. The summed E-state index contributed by atoms with van der Waals surface area (Å²) in [6.07, 6.45) is -0.149. The highest BCUT2D eigenvalue weighted by molar-refractivity contribution is 7.71. The van der Waals surface area contributed by atoms with Crippen LogP contribution in [-0.2, 0) is 7.05 Å².